The summed E-state index contributed by atoms with van der Waals surface area (Å²) >= 11 is 0. The zero-order valence-corrected chi connectivity index (χ0v) is 15.0. The van der Waals surface area contributed by atoms with Crippen molar-refractivity contribution in [3.8, 4) is 5.75 Å². The fourth-order valence-electron chi connectivity index (χ4n) is 2.94. The van der Waals surface area contributed by atoms with E-state index in [4.69, 9.17) is 4.74 Å². The SMILES string of the molecule is BN1CCN(Cc2ccc(CC(C)(C)CC)c(OC)c2)CC1. The third-order valence-electron chi connectivity index (χ3n) is 4.98. The van der Waals surface area contributed by atoms with Gasteiger partial charge in [0.15, 0.2) is 7.98 Å². The highest BCUT2D eigenvalue weighted by Gasteiger charge is 2.19. The molecule has 0 spiro atoms. The number of piperazine rings is 1. The highest BCUT2D eigenvalue weighted by Crippen LogP contribution is 2.31. The smallest absolute Gasteiger partial charge is 0.185 e. The lowest BCUT2D eigenvalue weighted by molar-refractivity contribution is 0.184. The van der Waals surface area contributed by atoms with Crippen molar-refractivity contribution in [2.75, 3.05) is 33.3 Å². The Bertz CT molecular complexity index is 482. The summed E-state index contributed by atoms with van der Waals surface area (Å²) in [7, 11) is 3.99. The van der Waals surface area contributed by atoms with Gasteiger partial charge in [0.1, 0.15) is 5.75 Å². The van der Waals surface area contributed by atoms with Crippen LogP contribution in [0.4, 0.5) is 0 Å². The van der Waals surface area contributed by atoms with Gasteiger partial charge in [-0.05, 0) is 42.1 Å². The van der Waals surface area contributed by atoms with Crippen molar-refractivity contribution in [1.29, 1.82) is 0 Å². The quantitative estimate of drug-likeness (QED) is 0.750. The fraction of sp³-hybridized carbons (Fsp3) is 0.667. The van der Waals surface area contributed by atoms with Crippen LogP contribution in [-0.2, 0) is 13.0 Å². The van der Waals surface area contributed by atoms with Gasteiger partial charge in [-0.15, -0.1) is 0 Å². The average molecular weight is 302 g/mol. The molecule has 0 bridgehead atoms. The number of hydrogen-bond donors (Lipinski definition) is 0. The molecule has 0 aromatic heterocycles. The number of ether oxygens (including phenoxy) is 1. The Labute approximate surface area is 137 Å². The van der Waals surface area contributed by atoms with Crippen LogP contribution in [0.15, 0.2) is 18.2 Å². The summed E-state index contributed by atoms with van der Waals surface area (Å²) in [4.78, 5) is 4.93. The largest absolute Gasteiger partial charge is 0.496 e. The van der Waals surface area contributed by atoms with E-state index in [1.165, 1.54) is 30.6 Å². The molecule has 0 atom stereocenters. The first kappa shape index (κ1) is 17.4. The van der Waals surface area contributed by atoms with Gasteiger partial charge in [-0.25, -0.2) is 0 Å². The van der Waals surface area contributed by atoms with Crippen LogP contribution in [0.2, 0.25) is 0 Å². The molecule has 1 heterocycles. The highest BCUT2D eigenvalue weighted by atomic mass is 16.5. The molecule has 122 valence electrons. The molecule has 1 fully saturated rings. The molecule has 0 saturated carbocycles. The molecule has 0 amide bonds. The lowest BCUT2D eigenvalue weighted by atomic mass is 9.83. The number of rotatable bonds is 6. The van der Waals surface area contributed by atoms with Gasteiger partial charge in [-0.2, -0.15) is 0 Å². The monoisotopic (exact) mass is 302 g/mol. The van der Waals surface area contributed by atoms with E-state index in [9.17, 15) is 0 Å². The maximum Gasteiger partial charge on any atom is 0.185 e. The van der Waals surface area contributed by atoms with Crippen LogP contribution >= 0.6 is 0 Å². The van der Waals surface area contributed by atoms with E-state index in [2.05, 4.69) is 56.7 Å². The van der Waals surface area contributed by atoms with Gasteiger partial charge in [0.05, 0.1) is 7.11 Å². The fourth-order valence-corrected chi connectivity index (χ4v) is 2.94. The van der Waals surface area contributed by atoms with E-state index >= 15 is 0 Å². The van der Waals surface area contributed by atoms with Crippen LogP contribution in [0.5, 0.6) is 5.75 Å². The third kappa shape index (κ3) is 4.75. The van der Waals surface area contributed by atoms with E-state index in [1.807, 2.05) is 0 Å². The van der Waals surface area contributed by atoms with Crippen molar-refractivity contribution in [3.05, 3.63) is 29.3 Å². The van der Waals surface area contributed by atoms with Gasteiger partial charge in [0.25, 0.3) is 0 Å². The molecule has 22 heavy (non-hydrogen) atoms. The van der Waals surface area contributed by atoms with Gasteiger partial charge >= 0.3 is 0 Å². The lowest BCUT2D eigenvalue weighted by Gasteiger charge is -2.33. The summed E-state index contributed by atoms with van der Waals surface area (Å²) in [5, 5.41) is 0. The summed E-state index contributed by atoms with van der Waals surface area (Å²) in [5.74, 6) is 1.05. The van der Waals surface area contributed by atoms with Crippen LogP contribution in [0, 0.1) is 5.41 Å². The van der Waals surface area contributed by atoms with Gasteiger partial charge in [-0.1, -0.05) is 39.3 Å². The van der Waals surface area contributed by atoms with Gasteiger partial charge in [0.2, 0.25) is 0 Å². The van der Waals surface area contributed by atoms with Crippen molar-refractivity contribution in [1.82, 2.24) is 9.71 Å². The second kappa shape index (κ2) is 7.52. The van der Waals surface area contributed by atoms with Crippen molar-refractivity contribution in [2.45, 2.75) is 40.2 Å². The van der Waals surface area contributed by atoms with E-state index in [-0.39, 0.29) is 0 Å². The number of hydrogen-bond acceptors (Lipinski definition) is 3. The Morgan fingerprint density at radius 3 is 2.45 bits per heavy atom. The first-order valence-corrected chi connectivity index (χ1v) is 8.50. The Kier molecular flexibility index (Phi) is 5.93. The van der Waals surface area contributed by atoms with Crippen molar-refractivity contribution in [3.63, 3.8) is 0 Å². The molecule has 2 rings (SSSR count). The molecule has 3 nitrogen and oxygen atoms in total. The summed E-state index contributed by atoms with van der Waals surface area (Å²) < 4.78 is 5.66. The lowest BCUT2D eigenvalue weighted by Crippen LogP contribution is -2.44. The normalized spacial score (nSPS) is 17.6. The summed E-state index contributed by atoms with van der Waals surface area (Å²) in [6, 6.07) is 6.78. The van der Waals surface area contributed by atoms with E-state index in [1.54, 1.807) is 7.11 Å². The van der Waals surface area contributed by atoms with E-state index in [0.717, 1.165) is 31.8 Å². The molecule has 0 N–H and O–H groups in total. The van der Waals surface area contributed by atoms with Crippen molar-refractivity contribution < 1.29 is 4.74 Å². The summed E-state index contributed by atoms with van der Waals surface area (Å²) in [6.45, 7) is 12.6. The van der Waals surface area contributed by atoms with Crippen LogP contribution in [0.1, 0.15) is 38.3 Å². The average Bonchev–Trinajstić information content (AvgIpc) is 2.51. The van der Waals surface area contributed by atoms with Crippen LogP contribution in [0.25, 0.3) is 0 Å². The topological polar surface area (TPSA) is 15.7 Å². The second-order valence-electron chi connectivity index (χ2n) is 7.42. The van der Waals surface area contributed by atoms with E-state index < -0.39 is 0 Å². The number of benzene rings is 1. The number of nitrogens with zero attached hydrogens (tertiary/aromatic N) is 2. The van der Waals surface area contributed by atoms with Gasteiger partial charge in [-0.3, -0.25) is 4.90 Å². The predicted octanol–water partition coefficient (Wildman–Crippen LogP) is 2.34. The van der Waals surface area contributed by atoms with Crippen LogP contribution in [-0.4, -0.2) is 51.0 Å². The summed E-state index contributed by atoms with van der Waals surface area (Å²) in [5.41, 5.74) is 3.02. The van der Waals surface area contributed by atoms with E-state index in [0.29, 0.717) is 5.41 Å². The van der Waals surface area contributed by atoms with Crippen molar-refractivity contribution >= 4 is 7.98 Å². The molecule has 0 unspecified atom stereocenters. The third-order valence-corrected chi connectivity index (χ3v) is 4.98. The molecule has 1 aromatic rings. The Morgan fingerprint density at radius 2 is 1.86 bits per heavy atom. The van der Waals surface area contributed by atoms with Gasteiger partial charge in [0, 0.05) is 19.6 Å². The Morgan fingerprint density at radius 1 is 1.18 bits per heavy atom. The summed E-state index contributed by atoms with van der Waals surface area (Å²) in [6.07, 6.45) is 2.25. The Hall–Kier alpha value is -0.995. The maximum absolute atomic E-state index is 5.66. The predicted molar refractivity (Wildman–Crippen MR) is 96.2 cm³/mol. The molecule has 1 saturated heterocycles. The zero-order valence-electron chi connectivity index (χ0n) is 15.0. The molecule has 1 aliphatic heterocycles. The molecular formula is C18H31BN2O. The molecule has 4 heteroatoms. The van der Waals surface area contributed by atoms with Crippen LogP contribution < -0.4 is 4.74 Å². The maximum atomic E-state index is 5.66. The molecule has 0 radical (unpaired) electrons. The minimum atomic E-state index is 0.326. The molecular weight excluding hydrogens is 271 g/mol. The molecule has 1 aromatic carbocycles. The molecule has 0 aliphatic carbocycles. The molecule has 1 aliphatic rings. The Balaban J connectivity index is 2.05. The van der Waals surface area contributed by atoms with Gasteiger partial charge < -0.3 is 9.55 Å². The minimum absolute atomic E-state index is 0.326. The first-order chi connectivity index (χ1) is 10.4. The highest BCUT2D eigenvalue weighted by molar-refractivity contribution is 6.04. The zero-order chi connectivity index (χ0) is 16.2. The minimum Gasteiger partial charge on any atom is -0.496 e. The number of methoxy groups -OCH3 is 1. The van der Waals surface area contributed by atoms with Crippen molar-refractivity contribution in [2.24, 2.45) is 5.41 Å². The van der Waals surface area contributed by atoms with Crippen LogP contribution in [0.3, 0.4) is 0 Å². The second-order valence-corrected chi connectivity index (χ2v) is 7.42. The first-order valence-electron chi connectivity index (χ1n) is 8.50. The standard InChI is InChI=1S/C18H31BN2O/c1-5-18(2,3)13-16-7-6-15(12-17(16)22-4)14-20-8-10-21(19)11-9-20/h6-7,12H,5,8-11,13-14,19H2,1-4H3.